The van der Waals surface area contributed by atoms with Crippen molar-refractivity contribution < 1.29 is 9.53 Å². The van der Waals surface area contributed by atoms with E-state index in [1.807, 2.05) is 55.5 Å². The molecule has 6 rings (SSSR count). The molecule has 0 N–H and O–H groups in total. The maximum absolute atomic E-state index is 13.9. The van der Waals surface area contributed by atoms with Crippen LogP contribution in [0.2, 0.25) is 0 Å². The minimum absolute atomic E-state index is 0.220. The van der Waals surface area contributed by atoms with Crippen LogP contribution in [0.4, 0.5) is 11.5 Å². The standard InChI is InChI=1S/C30H26N4O3S2/c1-19-7-5-16-33-26(19)31-27(32-15-6-9-21-8-3-4-10-24(21)32)23(28(33)35)17-25-29(36)34(30(38)39-25)18-20-11-13-22(37-2)14-12-20/h3-5,7-8,10-14,16-17H,6,9,15,18H2,1-2H3. The van der Waals surface area contributed by atoms with Crippen LogP contribution in [0.25, 0.3) is 11.7 Å². The average Bonchev–Trinajstić information content (AvgIpc) is 3.22. The van der Waals surface area contributed by atoms with E-state index in [1.165, 1.54) is 17.3 Å². The number of thiocarbonyl (C=S) groups is 1. The summed E-state index contributed by atoms with van der Waals surface area (Å²) < 4.78 is 7.25. The molecule has 0 unspecified atom stereocenters. The number of rotatable bonds is 5. The number of ether oxygens (including phenoxy) is 1. The first-order valence-corrected chi connectivity index (χ1v) is 13.9. The first kappa shape index (κ1) is 25.3. The summed E-state index contributed by atoms with van der Waals surface area (Å²) in [6.45, 7) is 3.01. The van der Waals surface area contributed by atoms with Crippen molar-refractivity contribution in [1.29, 1.82) is 0 Å². The fourth-order valence-electron chi connectivity index (χ4n) is 5.07. The second-order valence-electron chi connectivity index (χ2n) is 9.54. The molecule has 0 saturated carbocycles. The molecule has 196 valence electrons. The summed E-state index contributed by atoms with van der Waals surface area (Å²) in [5, 5.41) is 0. The maximum atomic E-state index is 13.9. The molecule has 1 amide bonds. The molecule has 4 aromatic rings. The van der Waals surface area contributed by atoms with Gasteiger partial charge < -0.3 is 9.64 Å². The Morgan fingerprint density at radius 2 is 1.87 bits per heavy atom. The number of methoxy groups -OCH3 is 1. The largest absolute Gasteiger partial charge is 0.497 e. The van der Waals surface area contributed by atoms with Gasteiger partial charge >= 0.3 is 0 Å². The molecule has 2 aliphatic rings. The first-order chi connectivity index (χ1) is 18.9. The van der Waals surface area contributed by atoms with E-state index in [1.54, 1.807) is 28.7 Å². The molecule has 1 saturated heterocycles. The number of para-hydroxylation sites is 1. The lowest BCUT2D eigenvalue weighted by Crippen LogP contribution is -2.30. The maximum Gasteiger partial charge on any atom is 0.267 e. The zero-order valence-electron chi connectivity index (χ0n) is 21.6. The number of pyridine rings is 1. The lowest BCUT2D eigenvalue weighted by molar-refractivity contribution is -0.122. The van der Waals surface area contributed by atoms with Gasteiger partial charge in [0.15, 0.2) is 0 Å². The molecule has 7 nitrogen and oxygen atoms in total. The topological polar surface area (TPSA) is 67.2 Å². The third kappa shape index (κ3) is 4.62. The lowest BCUT2D eigenvalue weighted by atomic mass is 10.0. The van der Waals surface area contributed by atoms with Crippen LogP contribution in [0.3, 0.4) is 0 Å². The van der Waals surface area contributed by atoms with Gasteiger partial charge in [0.25, 0.3) is 11.5 Å². The summed E-state index contributed by atoms with van der Waals surface area (Å²) in [5.74, 6) is 1.08. The number of amides is 1. The van der Waals surface area contributed by atoms with Crippen molar-refractivity contribution in [3.63, 3.8) is 0 Å². The predicted octanol–water partition coefficient (Wildman–Crippen LogP) is 5.50. The van der Waals surface area contributed by atoms with E-state index in [2.05, 4.69) is 17.0 Å². The van der Waals surface area contributed by atoms with E-state index < -0.39 is 0 Å². The quantitative estimate of drug-likeness (QED) is 0.239. The highest BCUT2D eigenvalue weighted by molar-refractivity contribution is 8.26. The Hall–Kier alpha value is -3.95. The van der Waals surface area contributed by atoms with Crippen molar-refractivity contribution >= 4 is 57.4 Å². The summed E-state index contributed by atoms with van der Waals surface area (Å²) in [5.41, 5.74) is 4.84. The molecule has 0 atom stereocenters. The fraction of sp³-hybridized carbons (Fsp3) is 0.200. The third-order valence-corrected chi connectivity index (χ3v) is 8.46. The molecular formula is C30H26N4O3S2. The average molecular weight is 555 g/mol. The third-order valence-electron chi connectivity index (χ3n) is 7.08. The summed E-state index contributed by atoms with van der Waals surface area (Å²) >= 11 is 6.80. The zero-order chi connectivity index (χ0) is 27.1. The highest BCUT2D eigenvalue weighted by atomic mass is 32.2. The molecule has 39 heavy (non-hydrogen) atoms. The number of anilines is 2. The van der Waals surface area contributed by atoms with E-state index in [0.717, 1.165) is 42.0 Å². The minimum atomic E-state index is -0.223. The number of thioether (sulfide) groups is 1. The highest BCUT2D eigenvalue weighted by Crippen LogP contribution is 2.37. The van der Waals surface area contributed by atoms with Crippen LogP contribution in [-0.2, 0) is 17.8 Å². The van der Waals surface area contributed by atoms with Crippen LogP contribution in [0, 0.1) is 6.92 Å². The van der Waals surface area contributed by atoms with Crippen LogP contribution in [0.5, 0.6) is 5.75 Å². The number of benzene rings is 2. The molecule has 2 aromatic carbocycles. The Morgan fingerprint density at radius 1 is 1.08 bits per heavy atom. The Labute approximate surface area is 235 Å². The molecule has 0 bridgehead atoms. The monoisotopic (exact) mass is 554 g/mol. The van der Waals surface area contributed by atoms with Gasteiger partial charge in [0, 0.05) is 18.4 Å². The highest BCUT2D eigenvalue weighted by Gasteiger charge is 2.33. The van der Waals surface area contributed by atoms with E-state index in [-0.39, 0.29) is 11.5 Å². The van der Waals surface area contributed by atoms with Crippen LogP contribution >= 0.6 is 24.0 Å². The van der Waals surface area contributed by atoms with Crippen LogP contribution in [-0.4, -0.2) is 38.2 Å². The van der Waals surface area contributed by atoms with Crippen molar-refractivity contribution in [3.8, 4) is 5.75 Å². The van der Waals surface area contributed by atoms with Crippen LogP contribution < -0.4 is 15.2 Å². The van der Waals surface area contributed by atoms with Gasteiger partial charge in [0.1, 0.15) is 21.5 Å². The normalized spacial score (nSPS) is 16.3. The van der Waals surface area contributed by atoms with Gasteiger partial charge in [0.2, 0.25) is 0 Å². The van der Waals surface area contributed by atoms with Crippen molar-refractivity contribution in [2.45, 2.75) is 26.3 Å². The van der Waals surface area contributed by atoms with Gasteiger partial charge in [-0.25, -0.2) is 4.98 Å². The molecule has 0 spiro atoms. The molecule has 2 aromatic heterocycles. The van der Waals surface area contributed by atoms with Crippen molar-refractivity contribution in [3.05, 3.63) is 104 Å². The second kappa shape index (κ2) is 10.3. The second-order valence-corrected chi connectivity index (χ2v) is 11.2. The van der Waals surface area contributed by atoms with E-state index in [9.17, 15) is 9.59 Å². The summed E-state index contributed by atoms with van der Waals surface area (Å²) in [6.07, 6.45) is 5.30. The van der Waals surface area contributed by atoms with E-state index in [4.69, 9.17) is 21.9 Å². The van der Waals surface area contributed by atoms with Crippen molar-refractivity contribution in [2.75, 3.05) is 18.6 Å². The van der Waals surface area contributed by atoms with Crippen molar-refractivity contribution in [2.24, 2.45) is 0 Å². The van der Waals surface area contributed by atoms with Gasteiger partial charge in [-0.2, -0.15) is 0 Å². The Bertz CT molecular complexity index is 1710. The van der Waals surface area contributed by atoms with Crippen molar-refractivity contribution in [1.82, 2.24) is 14.3 Å². The number of aromatic nitrogens is 2. The molecule has 1 fully saturated rings. The first-order valence-electron chi connectivity index (χ1n) is 12.7. The number of hydrogen-bond acceptors (Lipinski definition) is 7. The molecule has 0 aliphatic carbocycles. The lowest BCUT2D eigenvalue weighted by Gasteiger charge is -2.31. The van der Waals surface area contributed by atoms with Gasteiger partial charge in [-0.3, -0.25) is 18.9 Å². The molecule has 0 radical (unpaired) electrons. The summed E-state index contributed by atoms with van der Waals surface area (Å²) in [6, 6.07) is 19.5. The minimum Gasteiger partial charge on any atom is -0.497 e. The fourth-order valence-corrected chi connectivity index (χ4v) is 6.30. The molecule has 2 aliphatic heterocycles. The SMILES string of the molecule is COc1ccc(CN2C(=O)C(=Cc3c(N4CCCc5ccccc54)nc4c(C)cccn4c3=O)SC2=S)cc1. The summed E-state index contributed by atoms with van der Waals surface area (Å²) in [7, 11) is 1.62. The number of carbonyl (C=O) groups is 1. The van der Waals surface area contributed by atoms with Crippen LogP contribution in [0.15, 0.2) is 76.6 Å². The summed E-state index contributed by atoms with van der Waals surface area (Å²) in [4.78, 5) is 36.6. The van der Waals surface area contributed by atoms with Gasteiger partial charge in [0.05, 0.1) is 24.1 Å². The number of fused-ring (bicyclic) bond motifs is 2. The van der Waals surface area contributed by atoms with Gasteiger partial charge in [-0.15, -0.1) is 0 Å². The Morgan fingerprint density at radius 3 is 2.67 bits per heavy atom. The molecular weight excluding hydrogens is 528 g/mol. The van der Waals surface area contributed by atoms with E-state index in [0.29, 0.717) is 32.8 Å². The smallest absolute Gasteiger partial charge is 0.267 e. The number of hydrogen-bond donors (Lipinski definition) is 0. The number of nitrogens with zero attached hydrogens (tertiary/aromatic N) is 4. The Balaban J connectivity index is 1.45. The van der Waals surface area contributed by atoms with Crippen LogP contribution in [0.1, 0.15) is 28.7 Å². The molecule has 9 heteroatoms. The number of carbonyl (C=O) groups excluding carboxylic acids is 1. The van der Waals surface area contributed by atoms with Gasteiger partial charge in [-0.05, 0) is 66.8 Å². The van der Waals surface area contributed by atoms with E-state index >= 15 is 0 Å². The molecule has 4 heterocycles. The zero-order valence-corrected chi connectivity index (χ0v) is 23.2. The van der Waals surface area contributed by atoms with Gasteiger partial charge in [-0.1, -0.05) is 60.4 Å². The Kier molecular flexibility index (Phi) is 6.70. The predicted molar refractivity (Wildman–Crippen MR) is 160 cm³/mol. The number of aryl methyl sites for hydroxylation is 2.